The molecule has 0 radical (unpaired) electrons. The number of rotatable bonds is 9. The van der Waals surface area contributed by atoms with Crippen LogP contribution in [-0.2, 0) is 26.5 Å². The molecule has 12 aromatic rings. The Labute approximate surface area is 458 Å². The first kappa shape index (κ1) is 27.3. The van der Waals surface area contributed by atoms with E-state index in [2.05, 4.69) is 39.2 Å². The van der Waals surface area contributed by atoms with Gasteiger partial charge in [-0.3, -0.25) is 4.57 Å². The second kappa shape index (κ2) is 18.7. The number of fused-ring (bicyclic) bond motifs is 4. The van der Waals surface area contributed by atoms with Gasteiger partial charge in [0.1, 0.15) is 5.82 Å². The third-order valence-corrected chi connectivity index (χ3v) is 11.8. The Morgan fingerprint density at radius 1 is 0.592 bits per heavy atom. The molecular weight excluding hydrogens is 1050 g/mol. The summed E-state index contributed by atoms with van der Waals surface area (Å²) in [6.07, 6.45) is 5.06. The molecule has 0 saturated carbocycles. The third-order valence-electron chi connectivity index (χ3n) is 11.8. The second-order valence-electron chi connectivity index (χ2n) is 17.3. The fourth-order valence-electron chi connectivity index (χ4n) is 8.57. The van der Waals surface area contributed by atoms with Gasteiger partial charge in [0, 0.05) is 48.4 Å². The maximum absolute atomic E-state index is 10.2. The number of nitrogens with zero attached hydrogens (tertiary/aromatic N) is 4. The zero-order chi connectivity index (χ0) is 65.5. The van der Waals surface area contributed by atoms with Gasteiger partial charge < -0.3 is 13.9 Å². The number of para-hydroxylation sites is 3. The van der Waals surface area contributed by atoms with Gasteiger partial charge in [0.15, 0.2) is 0 Å². The van der Waals surface area contributed by atoms with E-state index in [1.54, 1.807) is 54.7 Å². The quantitative estimate of drug-likeness (QED) is 0.107. The molecule has 0 N–H and O–H groups in total. The summed E-state index contributed by atoms with van der Waals surface area (Å²) in [5.41, 5.74) is -2.95. The van der Waals surface area contributed by atoms with Crippen LogP contribution in [0.15, 0.2) is 218 Å². The van der Waals surface area contributed by atoms with E-state index >= 15 is 0 Å². The molecule has 71 heavy (non-hydrogen) atoms. The summed E-state index contributed by atoms with van der Waals surface area (Å²) in [5, 5.41) is 1.85. The van der Waals surface area contributed by atoms with E-state index in [1.807, 2.05) is 47.0 Å². The fraction of sp³-hybridized carbons (Fsp3) is 0.0769. The smallest absolute Gasteiger partial charge is 0.268 e. The summed E-state index contributed by atoms with van der Waals surface area (Å²) < 4.78 is 201. The molecule has 3 heterocycles. The molecule has 0 aliphatic heterocycles. The van der Waals surface area contributed by atoms with Crippen LogP contribution in [0.2, 0.25) is 0 Å². The van der Waals surface area contributed by atoms with Gasteiger partial charge in [-0.1, -0.05) is 177 Å². The van der Waals surface area contributed by atoms with Gasteiger partial charge in [-0.2, -0.15) is 18.2 Å². The summed E-state index contributed by atoms with van der Waals surface area (Å²) >= 11 is 0. The van der Waals surface area contributed by atoms with Crippen molar-refractivity contribution in [1.29, 1.82) is 0 Å². The number of hydrogen-bond donors (Lipinski definition) is 0. The van der Waals surface area contributed by atoms with Gasteiger partial charge in [0.2, 0.25) is 0 Å². The first-order chi connectivity index (χ1) is 42.9. The molecule has 0 amide bonds. The zero-order valence-corrected chi connectivity index (χ0v) is 40.2. The first-order valence-electron chi connectivity index (χ1n) is 32.6. The molecule has 0 aliphatic carbocycles. The van der Waals surface area contributed by atoms with Gasteiger partial charge >= 0.3 is 0 Å². The van der Waals surface area contributed by atoms with Gasteiger partial charge in [0.25, 0.3) is 6.33 Å². The molecule has 9 aromatic carbocycles. The number of benzene rings is 9. The van der Waals surface area contributed by atoms with Gasteiger partial charge in [-0.05, 0) is 110 Å². The topological polar surface area (TPSA) is 35.9 Å². The average molecular weight is 1120 g/mol. The van der Waals surface area contributed by atoms with Crippen molar-refractivity contribution >= 4 is 32.8 Å². The maximum Gasteiger partial charge on any atom is 0.268 e. The van der Waals surface area contributed by atoms with E-state index in [1.165, 1.54) is 9.13 Å². The standard InChI is InChI=1S/C65H48N4O.Pt/c1-44-35-57(47-23-12-7-13-24-47)64(58(36-44)50-38-48(45-19-8-5-9-20-45)37-49(39-50)46-21-10-6-11-22-46)68-43-67(60-29-16-17-30-61(60)68)52-25-18-26-53(41-52)70-54-31-32-56-55-27-14-15-28-59(55)69(62(56)42-54)63-40-51(33-34-66-63)65(2,3)4;/h5-40H,1-4H3;/q-2;/i1D3,5D,6D,7D,8D,9D,10D,11D,12D,13D,19D,20D,21D,22D,23D,24D,37D,38D,39D;. The van der Waals surface area contributed by atoms with Crippen LogP contribution in [0.4, 0.5) is 0 Å². The van der Waals surface area contributed by atoms with Gasteiger partial charge in [-0.25, -0.2) is 4.98 Å². The van der Waals surface area contributed by atoms with Crippen molar-refractivity contribution in [3.8, 4) is 73.2 Å². The van der Waals surface area contributed by atoms with E-state index in [9.17, 15) is 6.85 Å². The van der Waals surface area contributed by atoms with Crippen molar-refractivity contribution < 1.29 is 59.2 Å². The summed E-state index contributed by atoms with van der Waals surface area (Å²) in [6, 6.07) is 20.1. The minimum absolute atomic E-state index is 0. The molecule has 3 aromatic heterocycles. The van der Waals surface area contributed by atoms with Crippen molar-refractivity contribution in [3.63, 3.8) is 0 Å². The van der Waals surface area contributed by atoms with Crippen LogP contribution in [0.1, 0.15) is 60.7 Å². The number of pyridine rings is 1. The number of imidazole rings is 1. The van der Waals surface area contributed by atoms with Crippen molar-refractivity contribution in [2.24, 2.45) is 0 Å². The van der Waals surface area contributed by atoms with E-state index in [4.69, 9.17) is 31.7 Å². The third kappa shape index (κ3) is 8.58. The van der Waals surface area contributed by atoms with E-state index in [0.29, 0.717) is 22.6 Å². The molecular formula is C65H48N4OPt-2. The van der Waals surface area contributed by atoms with Crippen LogP contribution >= 0.6 is 0 Å². The number of aromatic nitrogens is 4. The normalized spacial score (nSPS) is 15.9. The number of aryl methyl sites for hydroxylation is 1. The predicted octanol–water partition coefficient (Wildman–Crippen LogP) is 15.9. The first-order valence-corrected chi connectivity index (χ1v) is 22.1. The van der Waals surface area contributed by atoms with Crippen LogP contribution in [0.25, 0.3) is 94.5 Å². The van der Waals surface area contributed by atoms with Gasteiger partial charge in [0.05, 0.1) is 41.4 Å². The largest absolute Gasteiger partial charge is 0.510 e. The summed E-state index contributed by atoms with van der Waals surface area (Å²) in [4.78, 5) is 4.79. The van der Waals surface area contributed by atoms with E-state index in [-0.39, 0.29) is 49.1 Å². The molecule has 0 fully saturated rings. The molecule has 0 saturated heterocycles. The molecule has 0 spiro atoms. The molecule has 0 bridgehead atoms. The van der Waals surface area contributed by atoms with Crippen LogP contribution in [0.5, 0.6) is 11.5 Å². The Morgan fingerprint density at radius 3 is 1.90 bits per heavy atom. The Morgan fingerprint density at radius 2 is 1.21 bits per heavy atom. The molecule has 0 atom stereocenters. The van der Waals surface area contributed by atoms with Gasteiger partial charge in [-0.15, -0.1) is 29.7 Å². The Bertz CT molecular complexity index is 4950. The van der Waals surface area contributed by atoms with Crippen molar-refractivity contribution in [1.82, 2.24) is 14.1 Å². The molecule has 0 unspecified atom stereocenters. The summed E-state index contributed by atoms with van der Waals surface area (Å²) in [6.45, 7) is 3.22. The van der Waals surface area contributed by atoms with Crippen LogP contribution in [-0.4, -0.2) is 14.1 Å². The Hall–Kier alpha value is -8.11. The zero-order valence-electron chi connectivity index (χ0n) is 58.9. The average Bonchev–Trinajstić information content (AvgIpc) is 0.909. The molecule has 12 rings (SSSR count). The summed E-state index contributed by atoms with van der Waals surface area (Å²) in [7, 11) is 0. The predicted molar refractivity (Wildman–Crippen MR) is 285 cm³/mol. The SMILES string of the molecule is [2H]c1c([2H])c([2H])c(-c2cc(C([2H])([2H])[2H])cc(-c3c([2H])c(-c4c([2H])c([2H])c([2H])c([2H])c4[2H])c([2H])c(-c4c([2H])c([2H])c([2H])c([2H])c4[2H])c3[2H])c2-[n+]2[c-]n(-c3[c-]c(Oc4[c-]c5c(cc4)c4ccccc4n5-c4cc(C(C)(C)C)ccn4)ccc3)c3ccccc32)c([2H])c1[2H].[Pt]. The maximum atomic E-state index is 10.2. The second-order valence-corrected chi connectivity index (χ2v) is 17.3. The monoisotopic (exact) mass is 1120 g/mol. The van der Waals surface area contributed by atoms with E-state index in [0.717, 1.165) is 34.0 Å². The van der Waals surface area contributed by atoms with Crippen molar-refractivity contribution in [3.05, 3.63) is 248 Å². The molecule has 346 valence electrons. The van der Waals surface area contributed by atoms with Crippen molar-refractivity contribution in [2.45, 2.75) is 33.0 Å². The van der Waals surface area contributed by atoms with E-state index < -0.39 is 166 Å². The van der Waals surface area contributed by atoms with Crippen LogP contribution in [0, 0.1) is 25.3 Å². The minimum Gasteiger partial charge on any atom is -0.510 e. The minimum atomic E-state index is -3.15. The number of ether oxygens (including phenoxy) is 1. The summed E-state index contributed by atoms with van der Waals surface area (Å²) in [5.74, 6) is 1.17. The number of hydrogen-bond acceptors (Lipinski definition) is 2. The van der Waals surface area contributed by atoms with Crippen LogP contribution < -0.4 is 9.30 Å². The van der Waals surface area contributed by atoms with Crippen LogP contribution in [0.3, 0.4) is 0 Å². The molecule has 6 heteroatoms. The Balaban J connectivity index is 0.00000867. The molecule has 0 aliphatic rings. The molecule has 5 nitrogen and oxygen atoms in total. The van der Waals surface area contributed by atoms with Crippen molar-refractivity contribution in [2.75, 3.05) is 0 Å². The fourth-order valence-corrected chi connectivity index (χ4v) is 8.57. The Kier molecular flexibility index (Phi) is 7.18.